The largest absolute Gasteiger partial charge is 0.303 e. The molecule has 2 aliphatic heterocycles. The topological polar surface area (TPSA) is 24.3 Å². The normalized spacial score (nSPS) is 23.7. The molecule has 0 spiro atoms. The number of aromatic nitrogens is 2. The predicted octanol–water partition coefficient (Wildman–Crippen LogP) is 2.47. The molecule has 0 bridgehead atoms. The van der Waals surface area contributed by atoms with Crippen molar-refractivity contribution in [1.29, 1.82) is 0 Å². The lowest BCUT2D eigenvalue weighted by Gasteiger charge is -2.38. The van der Waals surface area contributed by atoms with Gasteiger partial charge in [-0.1, -0.05) is 0 Å². The van der Waals surface area contributed by atoms with Gasteiger partial charge in [0.15, 0.2) is 0 Å². The zero-order valence-electron chi connectivity index (χ0n) is 13.5. The van der Waals surface area contributed by atoms with Crippen LogP contribution < -0.4 is 0 Å². The first-order valence-electron chi connectivity index (χ1n) is 8.77. The minimum absolute atomic E-state index is 0.804. The molecule has 1 atom stereocenters. The van der Waals surface area contributed by atoms with E-state index in [0.717, 1.165) is 18.5 Å². The summed E-state index contributed by atoms with van der Waals surface area (Å²) in [6.07, 6.45) is 10.7. The lowest BCUT2D eigenvalue weighted by molar-refractivity contribution is 0.110. The minimum Gasteiger partial charge on any atom is -0.303 e. The van der Waals surface area contributed by atoms with Crippen molar-refractivity contribution in [1.82, 2.24) is 19.6 Å². The molecule has 0 radical (unpaired) electrons. The van der Waals surface area contributed by atoms with Crippen LogP contribution >= 0.6 is 0 Å². The van der Waals surface area contributed by atoms with Crippen molar-refractivity contribution in [3.8, 4) is 0 Å². The van der Waals surface area contributed by atoms with E-state index in [1.54, 1.807) is 0 Å². The van der Waals surface area contributed by atoms with Crippen molar-refractivity contribution in [2.24, 2.45) is 5.92 Å². The number of piperidine rings is 1. The Morgan fingerprint density at radius 1 is 1.10 bits per heavy atom. The van der Waals surface area contributed by atoms with Gasteiger partial charge in [-0.3, -0.25) is 4.68 Å². The molecule has 0 saturated carbocycles. The number of rotatable bonds is 6. The van der Waals surface area contributed by atoms with Crippen molar-refractivity contribution in [2.75, 3.05) is 32.7 Å². The monoisotopic (exact) mass is 290 g/mol. The van der Waals surface area contributed by atoms with Crippen LogP contribution in [0.25, 0.3) is 0 Å². The summed E-state index contributed by atoms with van der Waals surface area (Å²) < 4.78 is 2.04. The zero-order chi connectivity index (χ0) is 14.5. The molecule has 2 saturated heterocycles. The van der Waals surface area contributed by atoms with E-state index >= 15 is 0 Å². The van der Waals surface area contributed by atoms with Crippen LogP contribution in [0.4, 0.5) is 0 Å². The molecule has 0 aliphatic carbocycles. The van der Waals surface area contributed by atoms with E-state index in [2.05, 4.69) is 28.0 Å². The summed E-state index contributed by atoms with van der Waals surface area (Å²) in [7, 11) is 0. The maximum atomic E-state index is 4.27. The first-order chi connectivity index (χ1) is 10.3. The highest BCUT2D eigenvalue weighted by Gasteiger charge is 2.28. The number of nitrogens with zero attached hydrogens (tertiary/aromatic N) is 4. The number of hydrogen-bond donors (Lipinski definition) is 0. The van der Waals surface area contributed by atoms with E-state index in [1.165, 1.54) is 64.8 Å². The SMILES string of the molecule is C[C@@H](C1CCN(CCCn2cccn2)CC1)N1CCCC1. The van der Waals surface area contributed by atoms with Crippen LogP contribution in [0.5, 0.6) is 0 Å². The summed E-state index contributed by atoms with van der Waals surface area (Å²) in [5, 5.41) is 4.27. The molecule has 1 aromatic heterocycles. The van der Waals surface area contributed by atoms with Crippen molar-refractivity contribution < 1.29 is 0 Å². The number of likely N-dealkylation sites (tertiary alicyclic amines) is 2. The van der Waals surface area contributed by atoms with E-state index < -0.39 is 0 Å². The second kappa shape index (κ2) is 7.41. The Morgan fingerprint density at radius 2 is 1.86 bits per heavy atom. The third-order valence-corrected chi connectivity index (χ3v) is 5.45. The zero-order valence-corrected chi connectivity index (χ0v) is 13.5. The fourth-order valence-electron chi connectivity index (χ4n) is 3.99. The van der Waals surface area contributed by atoms with Crippen LogP contribution in [0.3, 0.4) is 0 Å². The van der Waals surface area contributed by atoms with Crippen LogP contribution in [0.1, 0.15) is 39.0 Å². The highest BCUT2D eigenvalue weighted by Crippen LogP contribution is 2.26. The van der Waals surface area contributed by atoms with Crippen LogP contribution in [0, 0.1) is 5.92 Å². The third-order valence-electron chi connectivity index (χ3n) is 5.45. The average Bonchev–Trinajstić information content (AvgIpc) is 3.21. The van der Waals surface area contributed by atoms with Crippen molar-refractivity contribution in [2.45, 2.75) is 51.6 Å². The molecule has 4 nitrogen and oxygen atoms in total. The summed E-state index contributed by atoms with van der Waals surface area (Å²) in [6, 6.07) is 2.81. The van der Waals surface area contributed by atoms with E-state index in [1.807, 2.05) is 16.9 Å². The highest BCUT2D eigenvalue weighted by atomic mass is 15.3. The van der Waals surface area contributed by atoms with Crippen molar-refractivity contribution in [3.05, 3.63) is 18.5 Å². The first kappa shape index (κ1) is 15.0. The number of hydrogen-bond acceptors (Lipinski definition) is 3. The maximum Gasteiger partial charge on any atom is 0.0489 e. The van der Waals surface area contributed by atoms with Gasteiger partial charge in [-0.15, -0.1) is 0 Å². The molecule has 0 unspecified atom stereocenters. The molecule has 21 heavy (non-hydrogen) atoms. The lowest BCUT2D eigenvalue weighted by atomic mass is 9.89. The van der Waals surface area contributed by atoms with Gasteiger partial charge in [0, 0.05) is 25.0 Å². The van der Waals surface area contributed by atoms with Gasteiger partial charge in [0.25, 0.3) is 0 Å². The maximum absolute atomic E-state index is 4.27. The molecule has 1 aromatic rings. The van der Waals surface area contributed by atoms with E-state index in [4.69, 9.17) is 0 Å². The van der Waals surface area contributed by atoms with E-state index in [0.29, 0.717) is 0 Å². The van der Waals surface area contributed by atoms with Crippen LogP contribution in [0.2, 0.25) is 0 Å². The fourth-order valence-corrected chi connectivity index (χ4v) is 3.99. The van der Waals surface area contributed by atoms with E-state index in [-0.39, 0.29) is 0 Å². The standard InChI is InChI=1S/C17H30N4/c1-16(20-10-2-3-11-20)17-6-14-19(15-7-17)9-5-13-21-12-4-8-18-21/h4,8,12,16-17H,2-3,5-7,9-11,13-15H2,1H3/t16-/m0/s1. The average molecular weight is 290 g/mol. The molecule has 0 amide bonds. The summed E-state index contributed by atoms with van der Waals surface area (Å²) in [4.78, 5) is 5.37. The second-order valence-corrected chi connectivity index (χ2v) is 6.79. The van der Waals surface area contributed by atoms with E-state index in [9.17, 15) is 0 Å². The molecule has 0 aromatic carbocycles. The first-order valence-corrected chi connectivity index (χ1v) is 8.77. The van der Waals surface area contributed by atoms with Gasteiger partial charge in [0.2, 0.25) is 0 Å². The predicted molar refractivity (Wildman–Crippen MR) is 86.3 cm³/mol. The lowest BCUT2D eigenvalue weighted by Crippen LogP contribution is -2.43. The second-order valence-electron chi connectivity index (χ2n) is 6.79. The molecule has 2 aliphatic rings. The number of aryl methyl sites for hydroxylation is 1. The molecular weight excluding hydrogens is 260 g/mol. The summed E-state index contributed by atoms with van der Waals surface area (Å²) in [5.41, 5.74) is 0. The Hall–Kier alpha value is -0.870. The summed E-state index contributed by atoms with van der Waals surface area (Å²) in [5.74, 6) is 0.922. The summed E-state index contributed by atoms with van der Waals surface area (Å²) >= 11 is 0. The van der Waals surface area contributed by atoms with Gasteiger partial charge in [-0.25, -0.2) is 0 Å². The van der Waals surface area contributed by atoms with Crippen LogP contribution in [-0.2, 0) is 6.54 Å². The summed E-state index contributed by atoms with van der Waals surface area (Å²) in [6.45, 7) is 10.0. The Labute approximate surface area is 129 Å². The van der Waals surface area contributed by atoms with Crippen LogP contribution in [0.15, 0.2) is 18.5 Å². The van der Waals surface area contributed by atoms with Crippen molar-refractivity contribution in [3.63, 3.8) is 0 Å². The Morgan fingerprint density at radius 3 is 2.52 bits per heavy atom. The van der Waals surface area contributed by atoms with Gasteiger partial charge >= 0.3 is 0 Å². The van der Waals surface area contributed by atoms with Gasteiger partial charge in [-0.05, 0) is 83.7 Å². The molecule has 118 valence electrons. The molecule has 3 heterocycles. The Bertz CT molecular complexity index is 389. The Kier molecular flexibility index (Phi) is 5.31. The molecule has 4 heteroatoms. The molecule has 3 rings (SSSR count). The molecular formula is C17H30N4. The third kappa shape index (κ3) is 4.07. The molecule has 2 fully saturated rings. The van der Waals surface area contributed by atoms with Crippen LogP contribution in [-0.4, -0.2) is 58.3 Å². The van der Waals surface area contributed by atoms with Gasteiger partial charge in [0.1, 0.15) is 0 Å². The highest BCUT2D eigenvalue weighted by molar-refractivity contribution is 4.83. The van der Waals surface area contributed by atoms with Gasteiger partial charge in [0.05, 0.1) is 0 Å². The minimum atomic E-state index is 0.804. The molecule has 0 N–H and O–H groups in total. The fraction of sp³-hybridized carbons (Fsp3) is 0.824. The Balaban J connectivity index is 1.34. The van der Waals surface area contributed by atoms with Gasteiger partial charge < -0.3 is 9.80 Å². The van der Waals surface area contributed by atoms with Crippen molar-refractivity contribution >= 4 is 0 Å². The quantitative estimate of drug-likeness (QED) is 0.804. The smallest absolute Gasteiger partial charge is 0.0489 e. The van der Waals surface area contributed by atoms with Gasteiger partial charge in [-0.2, -0.15) is 5.10 Å².